The van der Waals surface area contributed by atoms with Crippen LogP contribution in [0, 0.1) is 0 Å². The summed E-state index contributed by atoms with van der Waals surface area (Å²) in [5, 5.41) is 2.98. The molecule has 1 unspecified atom stereocenters. The van der Waals surface area contributed by atoms with Gasteiger partial charge < -0.3 is 15.8 Å². The van der Waals surface area contributed by atoms with Crippen LogP contribution in [0.25, 0.3) is 0 Å². The Bertz CT molecular complexity index is 920. The quantitative estimate of drug-likeness (QED) is 0.200. The molecule has 4 nitrogen and oxygen atoms in total. The minimum absolute atomic E-state index is 0.109. The molecule has 0 bridgehead atoms. The number of alkyl halides is 3. The van der Waals surface area contributed by atoms with Gasteiger partial charge in [-0.2, -0.15) is 0 Å². The minimum Gasteiger partial charge on any atom is -0.406 e. The Morgan fingerprint density at radius 3 is 2.08 bits per heavy atom. The normalized spacial score (nSPS) is 12.4. The summed E-state index contributed by atoms with van der Waals surface area (Å²) in [6, 6.07) is 10.5. The number of amides is 1. The molecule has 2 aromatic carbocycles. The average molecular weight is 572 g/mol. The van der Waals surface area contributed by atoms with Crippen LogP contribution in [0.4, 0.5) is 13.2 Å². The Hall–Kier alpha value is -2.06. The second-order valence-corrected chi connectivity index (χ2v) is 10.0. The van der Waals surface area contributed by atoms with Crippen molar-refractivity contribution in [3.05, 3.63) is 63.6 Å². The average Bonchev–Trinajstić information content (AvgIpc) is 2.83. The van der Waals surface area contributed by atoms with Gasteiger partial charge in [0.15, 0.2) is 0 Å². The SMILES string of the molecule is CCCCCCCCCCCCNC(=O)c1ccc(CC(N)c2ccc(OC(F)(F)F)cc2)c(Br)c1. The van der Waals surface area contributed by atoms with E-state index < -0.39 is 12.4 Å². The molecular formula is C28H38BrF3N2O2. The third-order valence-corrected chi connectivity index (χ3v) is 6.85. The van der Waals surface area contributed by atoms with Crippen LogP contribution in [0.5, 0.6) is 5.75 Å². The van der Waals surface area contributed by atoms with Gasteiger partial charge in [-0.15, -0.1) is 13.2 Å². The third kappa shape index (κ3) is 11.8. The van der Waals surface area contributed by atoms with Crippen molar-refractivity contribution >= 4 is 21.8 Å². The number of unbranched alkanes of at least 4 members (excludes halogenated alkanes) is 9. The van der Waals surface area contributed by atoms with Gasteiger partial charge in [-0.05, 0) is 48.2 Å². The van der Waals surface area contributed by atoms with E-state index in [4.69, 9.17) is 5.73 Å². The van der Waals surface area contributed by atoms with Crippen molar-refractivity contribution in [2.75, 3.05) is 6.54 Å². The molecule has 0 saturated heterocycles. The first-order chi connectivity index (χ1) is 17.2. The fraction of sp³-hybridized carbons (Fsp3) is 0.536. The number of carbonyl (C=O) groups excluding carboxylic acids is 1. The number of benzene rings is 2. The Balaban J connectivity index is 1.72. The molecular weight excluding hydrogens is 533 g/mol. The van der Waals surface area contributed by atoms with E-state index in [1.54, 1.807) is 12.1 Å². The maximum Gasteiger partial charge on any atom is 0.573 e. The lowest BCUT2D eigenvalue weighted by Gasteiger charge is -2.15. The number of hydrogen-bond acceptors (Lipinski definition) is 3. The molecule has 1 atom stereocenters. The van der Waals surface area contributed by atoms with Gasteiger partial charge >= 0.3 is 6.36 Å². The van der Waals surface area contributed by atoms with Gasteiger partial charge in [0.05, 0.1) is 0 Å². The van der Waals surface area contributed by atoms with Crippen LogP contribution in [-0.2, 0) is 6.42 Å². The van der Waals surface area contributed by atoms with E-state index in [1.165, 1.54) is 75.6 Å². The number of rotatable bonds is 16. The highest BCUT2D eigenvalue weighted by atomic mass is 79.9. The third-order valence-electron chi connectivity index (χ3n) is 6.11. The molecule has 0 radical (unpaired) electrons. The Morgan fingerprint density at radius 2 is 1.53 bits per heavy atom. The smallest absolute Gasteiger partial charge is 0.406 e. The second kappa shape index (κ2) is 15.9. The van der Waals surface area contributed by atoms with Crippen molar-refractivity contribution in [2.45, 2.75) is 90.0 Å². The van der Waals surface area contributed by atoms with Crippen LogP contribution in [0.15, 0.2) is 46.9 Å². The Labute approximate surface area is 221 Å². The summed E-state index contributed by atoms with van der Waals surface area (Å²) in [5.41, 5.74) is 8.43. The number of halogens is 4. The van der Waals surface area contributed by atoms with Crippen LogP contribution >= 0.6 is 15.9 Å². The van der Waals surface area contributed by atoms with Gasteiger partial charge in [-0.25, -0.2) is 0 Å². The molecule has 2 rings (SSSR count). The summed E-state index contributed by atoms with van der Waals surface area (Å²) in [5.74, 6) is -0.393. The zero-order valence-electron chi connectivity index (χ0n) is 21.0. The van der Waals surface area contributed by atoms with E-state index >= 15 is 0 Å². The topological polar surface area (TPSA) is 64.4 Å². The van der Waals surface area contributed by atoms with E-state index in [9.17, 15) is 18.0 Å². The molecule has 3 N–H and O–H groups in total. The summed E-state index contributed by atoms with van der Waals surface area (Å²) in [6.07, 6.45) is 8.26. The van der Waals surface area contributed by atoms with Crippen LogP contribution < -0.4 is 15.8 Å². The van der Waals surface area contributed by atoms with E-state index in [0.717, 1.165) is 22.9 Å². The van der Waals surface area contributed by atoms with E-state index in [2.05, 4.69) is 32.9 Å². The minimum atomic E-state index is -4.73. The molecule has 2 aromatic rings. The van der Waals surface area contributed by atoms with Crippen molar-refractivity contribution in [3.63, 3.8) is 0 Å². The van der Waals surface area contributed by atoms with E-state index in [0.29, 0.717) is 24.1 Å². The molecule has 0 spiro atoms. The Kier molecular flexibility index (Phi) is 13.3. The van der Waals surface area contributed by atoms with Crippen molar-refractivity contribution in [3.8, 4) is 5.75 Å². The number of nitrogens with one attached hydrogen (secondary N) is 1. The van der Waals surface area contributed by atoms with E-state index in [1.807, 2.05) is 6.07 Å². The molecule has 0 heterocycles. The molecule has 200 valence electrons. The lowest BCUT2D eigenvalue weighted by Crippen LogP contribution is -2.24. The standard InChI is InChI=1S/C28H38BrF3N2O2/c1-2-3-4-5-6-7-8-9-10-11-18-34-27(35)23-13-12-22(25(29)19-23)20-26(33)21-14-16-24(17-15-21)36-28(30,31)32/h12-17,19,26H,2-11,18,20,33H2,1H3,(H,34,35). The molecule has 36 heavy (non-hydrogen) atoms. The fourth-order valence-corrected chi connectivity index (χ4v) is 4.58. The zero-order valence-corrected chi connectivity index (χ0v) is 22.6. The monoisotopic (exact) mass is 570 g/mol. The summed E-state index contributed by atoms with van der Waals surface area (Å²) < 4.78 is 41.6. The molecule has 8 heteroatoms. The molecule has 0 aromatic heterocycles. The zero-order chi connectivity index (χ0) is 26.4. The van der Waals surface area contributed by atoms with Crippen molar-refractivity contribution < 1.29 is 22.7 Å². The van der Waals surface area contributed by atoms with E-state index in [-0.39, 0.29) is 11.7 Å². The lowest BCUT2D eigenvalue weighted by molar-refractivity contribution is -0.274. The van der Waals surface area contributed by atoms with Crippen LogP contribution in [0.3, 0.4) is 0 Å². The molecule has 1 amide bonds. The summed E-state index contributed by atoms with van der Waals surface area (Å²) in [7, 11) is 0. The van der Waals surface area contributed by atoms with Gasteiger partial charge in [-0.1, -0.05) is 98.8 Å². The van der Waals surface area contributed by atoms with Crippen molar-refractivity contribution in [1.29, 1.82) is 0 Å². The van der Waals surface area contributed by atoms with Gasteiger partial charge in [0, 0.05) is 22.6 Å². The maximum absolute atomic E-state index is 12.5. The Morgan fingerprint density at radius 1 is 0.944 bits per heavy atom. The van der Waals surface area contributed by atoms with Crippen molar-refractivity contribution in [2.24, 2.45) is 5.73 Å². The molecule has 0 aliphatic rings. The largest absolute Gasteiger partial charge is 0.573 e. The van der Waals surface area contributed by atoms with Gasteiger partial charge in [-0.3, -0.25) is 4.79 Å². The van der Waals surface area contributed by atoms with Gasteiger partial charge in [0.1, 0.15) is 5.75 Å². The first-order valence-electron chi connectivity index (χ1n) is 12.9. The van der Waals surface area contributed by atoms with Gasteiger partial charge in [0.2, 0.25) is 0 Å². The van der Waals surface area contributed by atoms with Crippen LogP contribution in [0.2, 0.25) is 0 Å². The number of hydrogen-bond donors (Lipinski definition) is 2. The molecule has 0 saturated carbocycles. The highest BCUT2D eigenvalue weighted by Crippen LogP contribution is 2.27. The predicted octanol–water partition coefficient (Wildman–Crippen LogP) is 8.24. The maximum atomic E-state index is 12.5. The lowest BCUT2D eigenvalue weighted by atomic mass is 9.98. The number of nitrogens with two attached hydrogens (primary N) is 1. The highest BCUT2D eigenvalue weighted by Gasteiger charge is 2.31. The number of ether oxygens (including phenoxy) is 1. The van der Waals surface area contributed by atoms with Gasteiger partial charge in [0.25, 0.3) is 5.91 Å². The summed E-state index contributed by atoms with van der Waals surface area (Å²) >= 11 is 3.52. The van der Waals surface area contributed by atoms with Crippen molar-refractivity contribution in [1.82, 2.24) is 5.32 Å². The fourth-order valence-electron chi connectivity index (χ4n) is 4.04. The molecule has 0 aliphatic heterocycles. The summed E-state index contributed by atoms with van der Waals surface area (Å²) in [6.45, 7) is 2.89. The first-order valence-corrected chi connectivity index (χ1v) is 13.7. The summed E-state index contributed by atoms with van der Waals surface area (Å²) in [4.78, 5) is 12.5. The highest BCUT2D eigenvalue weighted by molar-refractivity contribution is 9.10. The predicted molar refractivity (Wildman–Crippen MR) is 142 cm³/mol. The van der Waals surface area contributed by atoms with Crippen LogP contribution in [-0.4, -0.2) is 18.8 Å². The first kappa shape index (κ1) is 30.2. The molecule has 0 aliphatic carbocycles. The molecule has 0 fully saturated rings. The second-order valence-electron chi connectivity index (χ2n) is 9.17. The van der Waals surface area contributed by atoms with Crippen LogP contribution in [0.1, 0.15) is 98.7 Å². The number of carbonyl (C=O) groups is 1.